The second kappa shape index (κ2) is 9.50. The van der Waals surface area contributed by atoms with Crippen LogP contribution in [0.2, 0.25) is 0 Å². The highest BCUT2D eigenvalue weighted by Gasteiger charge is 2.33. The van der Waals surface area contributed by atoms with Crippen LogP contribution < -0.4 is 15.5 Å². The highest BCUT2D eigenvalue weighted by atomic mass is 32.2. The Morgan fingerprint density at radius 2 is 1.84 bits per heavy atom. The summed E-state index contributed by atoms with van der Waals surface area (Å²) in [5.74, 6) is -2.05. The van der Waals surface area contributed by atoms with Crippen molar-refractivity contribution in [3.05, 3.63) is 83.1 Å². The fourth-order valence-electron chi connectivity index (χ4n) is 4.50. The van der Waals surface area contributed by atoms with Crippen molar-refractivity contribution in [3.63, 3.8) is 0 Å². The zero-order valence-corrected chi connectivity index (χ0v) is 21.0. The average Bonchev–Trinajstić information content (AvgIpc) is 3.61. The Kier molecular flexibility index (Phi) is 6.45. The second-order valence-corrected chi connectivity index (χ2v) is 11.2. The monoisotopic (exact) mass is 540 g/mol. The molecule has 9 nitrogen and oxygen atoms in total. The number of pyridine rings is 1. The fourth-order valence-corrected chi connectivity index (χ4v) is 5.40. The highest BCUT2D eigenvalue weighted by Crippen LogP contribution is 2.46. The maximum absolute atomic E-state index is 14.4. The van der Waals surface area contributed by atoms with Crippen molar-refractivity contribution in [2.75, 3.05) is 10.6 Å². The number of hydrogen-bond donors (Lipinski definition) is 3. The number of aromatic nitrogens is 2. The Labute approximate surface area is 217 Å². The molecule has 196 valence electrons. The maximum atomic E-state index is 14.4. The molecular weight excluding hydrogens is 517 g/mol. The molecule has 1 aliphatic rings. The molecule has 2 aromatic carbocycles. The molecule has 2 heterocycles. The van der Waals surface area contributed by atoms with Crippen molar-refractivity contribution in [2.24, 2.45) is 5.73 Å². The molecule has 4 aromatic rings. The molecule has 2 aromatic heterocycles. The van der Waals surface area contributed by atoms with E-state index in [0.717, 1.165) is 29.5 Å². The molecule has 0 atom stereocenters. The summed E-state index contributed by atoms with van der Waals surface area (Å²) in [4.78, 5) is 12.5. The van der Waals surface area contributed by atoms with Crippen molar-refractivity contribution in [3.8, 4) is 11.3 Å². The van der Waals surface area contributed by atoms with E-state index in [9.17, 15) is 32.0 Å². The average molecular weight is 540 g/mol. The summed E-state index contributed by atoms with van der Waals surface area (Å²) in [6.45, 7) is -0.239. The predicted octanol–water partition coefficient (Wildman–Crippen LogP) is 1.90. The van der Waals surface area contributed by atoms with E-state index in [1.165, 1.54) is 47.1 Å². The molecule has 0 saturated heterocycles. The van der Waals surface area contributed by atoms with Crippen LogP contribution in [0.15, 0.2) is 54.7 Å². The van der Waals surface area contributed by atoms with Gasteiger partial charge in [-0.2, -0.15) is 5.10 Å². The van der Waals surface area contributed by atoms with Crippen molar-refractivity contribution in [2.45, 2.75) is 25.3 Å². The molecule has 0 aliphatic heterocycles. The number of amides is 1. The molecule has 0 spiro atoms. The summed E-state index contributed by atoms with van der Waals surface area (Å²) in [6, 6.07) is 10.7. The predicted molar refractivity (Wildman–Crippen MR) is 138 cm³/mol. The van der Waals surface area contributed by atoms with Crippen molar-refractivity contribution >= 4 is 39.7 Å². The number of fused-ring (bicyclic) bond motifs is 1. The van der Waals surface area contributed by atoms with Gasteiger partial charge in [-0.3, -0.25) is 9.10 Å². The molecule has 38 heavy (non-hydrogen) atoms. The molecule has 0 unspecified atom stereocenters. The first-order valence-electron chi connectivity index (χ1n) is 11.7. The number of anilines is 1. The molecule has 1 amide bonds. The number of rotatable bonds is 8. The lowest BCUT2D eigenvalue weighted by molar-refractivity contribution is 0.100. The van der Waals surface area contributed by atoms with Crippen molar-refractivity contribution in [1.29, 1.82) is 0 Å². The minimum atomic E-state index is -3.89. The smallest absolute Gasteiger partial charge is 0.423 e. The Hall–Kier alpha value is -3.81. The Bertz CT molecular complexity index is 1670. The molecule has 13 heteroatoms. The number of benzene rings is 2. The molecule has 1 fully saturated rings. The lowest BCUT2D eigenvalue weighted by Gasteiger charge is -2.25. The number of carbonyl (C=O) groups is 1. The quantitative estimate of drug-likeness (QED) is 0.292. The molecule has 1 saturated carbocycles. The first kappa shape index (κ1) is 25.8. The van der Waals surface area contributed by atoms with Crippen LogP contribution in [-0.4, -0.2) is 47.4 Å². The molecule has 0 radical (unpaired) electrons. The van der Waals surface area contributed by atoms with E-state index in [1.807, 2.05) is 0 Å². The summed E-state index contributed by atoms with van der Waals surface area (Å²) in [7, 11) is -5.90. The van der Waals surface area contributed by atoms with Crippen molar-refractivity contribution in [1.82, 2.24) is 9.61 Å². The van der Waals surface area contributed by atoms with Gasteiger partial charge in [0.1, 0.15) is 17.3 Å². The van der Waals surface area contributed by atoms with Crippen LogP contribution in [0.25, 0.3) is 16.8 Å². The van der Waals surface area contributed by atoms with Crippen LogP contribution in [0.3, 0.4) is 0 Å². The number of hydrogen-bond acceptors (Lipinski definition) is 6. The van der Waals surface area contributed by atoms with Crippen LogP contribution in [0.1, 0.15) is 40.2 Å². The van der Waals surface area contributed by atoms with Gasteiger partial charge in [-0.1, -0.05) is 12.1 Å². The normalized spacial score (nSPS) is 13.6. The zero-order chi connectivity index (χ0) is 27.4. The Morgan fingerprint density at radius 3 is 2.39 bits per heavy atom. The van der Waals surface area contributed by atoms with E-state index >= 15 is 0 Å². The van der Waals surface area contributed by atoms with Gasteiger partial charge in [0.05, 0.1) is 35.8 Å². The summed E-state index contributed by atoms with van der Waals surface area (Å²) >= 11 is 0. The first-order chi connectivity index (χ1) is 17.9. The number of sulfonamides is 1. The van der Waals surface area contributed by atoms with Gasteiger partial charge in [-0.25, -0.2) is 21.7 Å². The largest absolute Gasteiger partial charge is 0.491 e. The number of nitrogens with two attached hydrogens (primary N) is 1. The number of primary amides is 1. The molecular formula is C25H23BF2N4O5S. The Balaban J connectivity index is 1.68. The van der Waals surface area contributed by atoms with Gasteiger partial charge in [-0.15, -0.1) is 0 Å². The molecule has 4 N–H and O–H groups in total. The van der Waals surface area contributed by atoms with E-state index in [2.05, 4.69) is 5.10 Å². The van der Waals surface area contributed by atoms with Gasteiger partial charge in [0.25, 0.3) is 5.91 Å². The highest BCUT2D eigenvalue weighted by molar-refractivity contribution is 7.92. The fraction of sp³-hybridized carbons (Fsp3) is 0.200. The lowest BCUT2D eigenvalue weighted by Crippen LogP contribution is -2.34. The van der Waals surface area contributed by atoms with E-state index < -0.39 is 34.7 Å². The Morgan fingerprint density at radius 1 is 1.16 bits per heavy atom. The summed E-state index contributed by atoms with van der Waals surface area (Å²) < 4.78 is 56.4. The zero-order valence-electron chi connectivity index (χ0n) is 20.2. The first-order valence-corrected chi connectivity index (χ1v) is 13.5. The van der Waals surface area contributed by atoms with Gasteiger partial charge in [0.15, 0.2) is 0 Å². The molecule has 1 aliphatic carbocycles. The van der Waals surface area contributed by atoms with Crippen LogP contribution in [0.5, 0.6) is 0 Å². The van der Waals surface area contributed by atoms with E-state index in [4.69, 9.17) is 5.73 Å². The minimum absolute atomic E-state index is 0.0350. The number of nitrogens with zero attached hydrogens (tertiary/aromatic N) is 3. The third-order valence-electron chi connectivity index (χ3n) is 6.50. The summed E-state index contributed by atoms with van der Waals surface area (Å²) in [5, 5.41) is 23.1. The second-order valence-electron chi connectivity index (χ2n) is 9.31. The standard InChI is InChI=1S/C25H23BF2N4O5S/c1-38(36,37)32(12-14-2-9-19(26(34)35)20(28)10-14)22-13-31-21(11-18(22)15-3-4-15)23(25(29)33)24(30-31)16-5-7-17(27)8-6-16/h2,5-11,13,15,34-35H,3-4,12H2,1H3,(H2,29,33). The van der Waals surface area contributed by atoms with E-state index in [0.29, 0.717) is 22.3 Å². The maximum Gasteiger partial charge on any atom is 0.491 e. The van der Waals surface area contributed by atoms with Crippen LogP contribution in [0, 0.1) is 11.6 Å². The topological polar surface area (TPSA) is 138 Å². The lowest BCUT2D eigenvalue weighted by atomic mass is 9.79. The number of carbonyl (C=O) groups excluding carboxylic acids is 1. The van der Waals surface area contributed by atoms with E-state index in [-0.39, 0.29) is 34.7 Å². The van der Waals surface area contributed by atoms with Gasteiger partial charge >= 0.3 is 7.12 Å². The van der Waals surface area contributed by atoms with Crippen LogP contribution in [0.4, 0.5) is 14.5 Å². The SMILES string of the molecule is CS(=O)(=O)N(Cc1ccc(B(O)O)c(F)c1)c1cn2nc(-c3ccc(F)cc3)c(C(N)=O)c2cc1C1CC1. The molecule has 0 bridgehead atoms. The van der Waals surface area contributed by atoms with Gasteiger partial charge in [-0.05, 0) is 66.3 Å². The van der Waals surface area contributed by atoms with Gasteiger partial charge in [0, 0.05) is 11.0 Å². The third kappa shape index (κ3) is 4.87. The minimum Gasteiger partial charge on any atom is -0.423 e. The van der Waals surface area contributed by atoms with Crippen LogP contribution in [-0.2, 0) is 16.6 Å². The van der Waals surface area contributed by atoms with Gasteiger partial charge < -0.3 is 15.8 Å². The third-order valence-corrected chi connectivity index (χ3v) is 7.63. The van der Waals surface area contributed by atoms with Crippen molar-refractivity contribution < 1.29 is 32.0 Å². The molecule has 5 rings (SSSR count). The van der Waals surface area contributed by atoms with E-state index in [1.54, 1.807) is 6.07 Å². The van der Waals surface area contributed by atoms with Gasteiger partial charge in [0.2, 0.25) is 10.0 Å². The summed E-state index contributed by atoms with van der Waals surface area (Å²) in [6.07, 6.45) is 4.14. The van der Waals surface area contributed by atoms with Crippen LogP contribution >= 0.6 is 0 Å². The number of halogens is 2. The summed E-state index contributed by atoms with van der Waals surface area (Å²) in [5.41, 5.74) is 7.81.